The van der Waals surface area contributed by atoms with E-state index >= 15 is 0 Å². The van der Waals surface area contributed by atoms with Crippen LogP contribution in [0.4, 0.5) is 14.5 Å². The molecule has 6 nitrogen and oxygen atoms in total. The third-order valence-electron chi connectivity index (χ3n) is 4.30. The van der Waals surface area contributed by atoms with Gasteiger partial charge in [0.05, 0.1) is 23.4 Å². The fourth-order valence-corrected chi connectivity index (χ4v) is 5.00. The Morgan fingerprint density at radius 3 is 2.38 bits per heavy atom. The number of morpholine rings is 1. The molecule has 10 heteroatoms. The average molecular weight is 443 g/mol. The summed E-state index contributed by atoms with van der Waals surface area (Å²) in [7, 11) is -3.60. The number of benzene rings is 2. The molecule has 1 aliphatic rings. The van der Waals surface area contributed by atoms with Crippen molar-refractivity contribution in [1.29, 1.82) is 0 Å². The summed E-state index contributed by atoms with van der Waals surface area (Å²) in [5.41, 5.74) is 0.439. The Balaban J connectivity index is 1.62. The molecule has 1 heterocycles. The number of amides is 1. The van der Waals surface area contributed by atoms with E-state index in [1.54, 1.807) is 6.92 Å². The van der Waals surface area contributed by atoms with E-state index in [0.29, 0.717) is 36.9 Å². The molecule has 0 bridgehead atoms. The third kappa shape index (κ3) is 5.33. The molecule has 1 atom stereocenters. The Morgan fingerprint density at radius 1 is 1.10 bits per heavy atom. The lowest BCUT2D eigenvalue weighted by Crippen LogP contribution is -2.40. The monoisotopic (exact) mass is 442 g/mol. The van der Waals surface area contributed by atoms with Gasteiger partial charge in [-0.1, -0.05) is 0 Å². The van der Waals surface area contributed by atoms with Crippen LogP contribution in [0, 0.1) is 11.6 Å². The van der Waals surface area contributed by atoms with Crippen molar-refractivity contribution in [3.63, 3.8) is 0 Å². The van der Waals surface area contributed by atoms with E-state index in [1.165, 1.54) is 34.6 Å². The molecular weight excluding hydrogens is 422 g/mol. The second-order valence-corrected chi connectivity index (χ2v) is 9.72. The summed E-state index contributed by atoms with van der Waals surface area (Å²) in [5.74, 6) is -2.26. The normalized spacial score (nSPS) is 16.4. The summed E-state index contributed by atoms with van der Waals surface area (Å²) in [6.45, 7) is 2.97. The minimum absolute atomic E-state index is 0.140. The second-order valence-electron chi connectivity index (χ2n) is 6.37. The fourth-order valence-electron chi connectivity index (χ4n) is 2.70. The molecule has 1 saturated heterocycles. The zero-order valence-electron chi connectivity index (χ0n) is 15.6. The van der Waals surface area contributed by atoms with Crippen molar-refractivity contribution in [2.24, 2.45) is 0 Å². The van der Waals surface area contributed by atoms with Crippen molar-refractivity contribution in [2.45, 2.75) is 22.0 Å². The molecule has 29 heavy (non-hydrogen) atoms. The Morgan fingerprint density at radius 2 is 1.76 bits per heavy atom. The maximum Gasteiger partial charge on any atom is 0.243 e. The Bertz CT molecular complexity index is 978. The molecule has 1 amide bonds. The lowest BCUT2D eigenvalue weighted by atomic mass is 10.3. The number of thioether (sulfide) groups is 1. The molecule has 1 fully saturated rings. The molecular formula is C19H20F2N2O4S2. The maximum atomic E-state index is 13.3. The van der Waals surface area contributed by atoms with E-state index < -0.39 is 26.9 Å². The third-order valence-corrected chi connectivity index (χ3v) is 7.31. The minimum Gasteiger partial charge on any atom is -0.379 e. The van der Waals surface area contributed by atoms with Gasteiger partial charge in [-0.15, -0.1) is 11.8 Å². The van der Waals surface area contributed by atoms with E-state index in [2.05, 4.69) is 5.32 Å². The van der Waals surface area contributed by atoms with Gasteiger partial charge < -0.3 is 10.1 Å². The van der Waals surface area contributed by atoms with Crippen LogP contribution in [0.1, 0.15) is 6.92 Å². The predicted molar refractivity (Wildman–Crippen MR) is 106 cm³/mol. The largest absolute Gasteiger partial charge is 0.379 e. The summed E-state index contributed by atoms with van der Waals surface area (Å²) in [6.07, 6.45) is 0. The highest BCUT2D eigenvalue weighted by Crippen LogP contribution is 2.26. The van der Waals surface area contributed by atoms with Crippen molar-refractivity contribution in [3.8, 4) is 0 Å². The van der Waals surface area contributed by atoms with Crippen molar-refractivity contribution in [2.75, 3.05) is 31.6 Å². The van der Waals surface area contributed by atoms with Crippen LogP contribution < -0.4 is 5.32 Å². The summed E-state index contributed by atoms with van der Waals surface area (Å²) in [4.78, 5) is 12.9. The second kappa shape index (κ2) is 9.21. The van der Waals surface area contributed by atoms with E-state index in [0.717, 1.165) is 23.9 Å². The van der Waals surface area contributed by atoms with E-state index in [-0.39, 0.29) is 10.8 Å². The van der Waals surface area contributed by atoms with Crippen molar-refractivity contribution >= 4 is 33.4 Å². The van der Waals surface area contributed by atoms with Crippen LogP contribution in [0.25, 0.3) is 0 Å². The van der Waals surface area contributed by atoms with Crippen LogP contribution in [0.3, 0.4) is 0 Å². The number of halogens is 2. The van der Waals surface area contributed by atoms with Crippen LogP contribution in [0.15, 0.2) is 52.3 Å². The van der Waals surface area contributed by atoms with Gasteiger partial charge in [-0.2, -0.15) is 4.31 Å². The van der Waals surface area contributed by atoms with Crippen LogP contribution in [0.5, 0.6) is 0 Å². The zero-order valence-corrected chi connectivity index (χ0v) is 17.2. The van der Waals surface area contributed by atoms with E-state index in [4.69, 9.17) is 4.74 Å². The van der Waals surface area contributed by atoms with Crippen LogP contribution >= 0.6 is 11.8 Å². The summed E-state index contributed by atoms with van der Waals surface area (Å²) in [5, 5.41) is 2.12. The SMILES string of the molecule is C[C@H](Sc1ccc(F)c(F)c1)C(=O)Nc1ccc(S(=O)(=O)N2CCOCC2)cc1. The molecule has 0 spiro atoms. The number of carbonyl (C=O) groups is 1. The topological polar surface area (TPSA) is 75.7 Å². The van der Waals surface area contributed by atoms with Gasteiger partial charge in [0.15, 0.2) is 11.6 Å². The highest BCUT2D eigenvalue weighted by atomic mass is 32.2. The predicted octanol–water partition coefficient (Wildman–Crippen LogP) is 3.11. The number of nitrogens with zero attached hydrogens (tertiary/aromatic N) is 1. The van der Waals surface area contributed by atoms with Crippen molar-refractivity contribution in [1.82, 2.24) is 4.31 Å². The molecule has 1 aliphatic heterocycles. The fraction of sp³-hybridized carbons (Fsp3) is 0.316. The number of hydrogen-bond acceptors (Lipinski definition) is 5. The summed E-state index contributed by atoms with van der Waals surface area (Å²) < 4.78 is 58.1. The van der Waals surface area contributed by atoms with E-state index in [9.17, 15) is 22.0 Å². The first-order valence-corrected chi connectivity index (χ1v) is 11.2. The average Bonchev–Trinajstić information content (AvgIpc) is 2.72. The van der Waals surface area contributed by atoms with Gasteiger partial charge in [0.1, 0.15) is 0 Å². The number of nitrogens with one attached hydrogen (secondary N) is 1. The van der Waals surface area contributed by atoms with Gasteiger partial charge in [0.2, 0.25) is 15.9 Å². The smallest absolute Gasteiger partial charge is 0.243 e. The van der Waals surface area contributed by atoms with Crippen molar-refractivity contribution < 1.29 is 26.7 Å². The Labute approximate surface area is 172 Å². The molecule has 0 saturated carbocycles. The van der Waals surface area contributed by atoms with Crippen LogP contribution in [-0.4, -0.2) is 50.2 Å². The molecule has 156 valence electrons. The van der Waals surface area contributed by atoms with Gasteiger partial charge in [-0.3, -0.25) is 4.79 Å². The van der Waals surface area contributed by atoms with Gasteiger partial charge in [-0.25, -0.2) is 17.2 Å². The number of sulfonamides is 1. The lowest BCUT2D eigenvalue weighted by molar-refractivity contribution is -0.115. The van der Waals surface area contributed by atoms with Crippen LogP contribution in [-0.2, 0) is 19.6 Å². The first-order valence-electron chi connectivity index (χ1n) is 8.88. The highest BCUT2D eigenvalue weighted by molar-refractivity contribution is 8.00. The minimum atomic E-state index is -3.60. The maximum absolute atomic E-state index is 13.3. The van der Waals surface area contributed by atoms with Gasteiger partial charge in [0, 0.05) is 23.7 Å². The molecule has 3 rings (SSSR count). The molecule has 0 radical (unpaired) electrons. The summed E-state index contributed by atoms with van der Waals surface area (Å²) in [6, 6.07) is 9.35. The number of rotatable bonds is 6. The zero-order chi connectivity index (χ0) is 21.0. The number of anilines is 1. The van der Waals surface area contributed by atoms with Crippen LogP contribution in [0.2, 0.25) is 0 Å². The molecule has 0 aromatic heterocycles. The molecule has 1 N–H and O–H groups in total. The van der Waals surface area contributed by atoms with E-state index in [1.807, 2.05) is 0 Å². The standard InChI is InChI=1S/C19H20F2N2O4S2/c1-13(28-15-4-7-17(20)18(21)12-15)19(24)22-14-2-5-16(6-3-14)29(25,26)23-8-10-27-11-9-23/h2-7,12-13H,8-11H2,1H3,(H,22,24)/t13-/m0/s1. The lowest BCUT2D eigenvalue weighted by Gasteiger charge is -2.26. The Hall–Kier alpha value is -2.01. The number of ether oxygens (including phenoxy) is 1. The van der Waals surface area contributed by atoms with Crippen molar-refractivity contribution in [3.05, 3.63) is 54.1 Å². The molecule has 2 aromatic rings. The Kier molecular flexibility index (Phi) is 6.89. The highest BCUT2D eigenvalue weighted by Gasteiger charge is 2.26. The summed E-state index contributed by atoms with van der Waals surface area (Å²) >= 11 is 1.09. The van der Waals surface area contributed by atoms with Gasteiger partial charge >= 0.3 is 0 Å². The number of hydrogen-bond donors (Lipinski definition) is 1. The number of carbonyl (C=O) groups excluding carboxylic acids is 1. The quantitative estimate of drug-likeness (QED) is 0.696. The van der Waals surface area contributed by atoms with Gasteiger partial charge in [0.25, 0.3) is 0 Å². The van der Waals surface area contributed by atoms with Gasteiger partial charge in [-0.05, 0) is 49.4 Å². The molecule has 0 aliphatic carbocycles. The first-order chi connectivity index (χ1) is 13.8. The molecule has 2 aromatic carbocycles. The first kappa shape index (κ1) is 21.7. The molecule has 0 unspecified atom stereocenters.